The fraction of sp³-hybridized carbons (Fsp3) is 0.455. The topological polar surface area (TPSA) is 38.0 Å². The molecule has 76 valence electrons. The van der Waals surface area contributed by atoms with Gasteiger partial charge in [0.15, 0.2) is 0 Å². The van der Waals surface area contributed by atoms with Crippen LogP contribution in [0, 0.1) is 0 Å². The van der Waals surface area contributed by atoms with Crippen molar-refractivity contribution in [1.29, 1.82) is 0 Å². The molecule has 1 atom stereocenters. The Morgan fingerprint density at radius 1 is 1.43 bits per heavy atom. The first kappa shape index (κ1) is 9.81. The van der Waals surface area contributed by atoms with E-state index in [4.69, 9.17) is 17.3 Å². The Hall–Kier alpha value is -0.730. The van der Waals surface area contributed by atoms with E-state index < -0.39 is 0 Å². The van der Waals surface area contributed by atoms with E-state index in [2.05, 4.69) is 11.4 Å². The minimum absolute atomic E-state index is 0.553. The maximum absolute atomic E-state index is 6.16. The molecule has 0 radical (unpaired) electrons. The SMILES string of the molecule is Nc1ccc(C2CCCNC2)c(Cl)c1. The van der Waals surface area contributed by atoms with Crippen LogP contribution in [0.4, 0.5) is 5.69 Å². The summed E-state index contributed by atoms with van der Waals surface area (Å²) in [6, 6.07) is 5.82. The lowest BCUT2D eigenvalue weighted by Crippen LogP contribution is -2.28. The summed E-state index contributed by atoms with van der Waals surface area (Å²) in [7, 11) is 0. The molecule has 14 heavy (non-hydrogen) atoms. The van der Waals surface area contributed by atoms with E-state index in [0.717, 1.165) is 23.8 Å². The Kier molecular flexibility index (Phi) is 2.94. The highest BCUT2D eigenvalue weighted by Crippen LogP contribution is 2.30. The minimum Gasteiger partial charge on any atom is -0.399 e. The number of hydrogen-bond acceptors (Lipinski definition) is 2. The molecule has 0 spiro atoms. The molecule has 1 aromatic carbocycles. The Morgan fingerprint density at radius 3 is 2.93 bits per heavy atom. The second-order valence-electron chi connectivity index (χ2n) is 3.82. The maximum atomic E-state index is 6.16. The number of nitrogens with two attached hydrogens (primary N) is 1. The number of halogens is 1. The largest absolute Gasteiger partial charge is 0.399 e. The van der Waals surface area contributed by atoms with Gasteiger partial charge in [-0.05, 0) is 43.0 Å². The number of anilines is 1. The quantitative estimate of drug-likeness (QED) is 0.699. The van der Waals surface area contributed by atoms with Crippen molar-refractivity contribution in [2.24, 2.45) is 0 Å². The van der Waals surface area contributed by atoms with Gasteiger partial charge in [0.05, 0.1) is 0 Å². The smallest absolute Gasteiger partial charge is 0.0461 e. The zero-order valence-electron chi connectivity index (χ0n) is 8.09. The van der Waals surface area contributed by atoms with Gasteiger partial charge in [0, 0.05) is 17.3 Å². The fourth-order valence-electron chi connectivity index (χ4n) is 1.99. The monoisotopic (exact) mass is 210 g/mol. The average molecular weight is 211 g/mol. The molecular formula is C11H15ClN2. The van der Waals surface area contributed by atoms with Crippen LogP contribution in [0.25, 0.3) is 0 Å². The first-order valence-electron chi connectivity index (χ1n) is 5.03. The van der Waals surface area contributed by atoms with Crippen molar-refractivity contribution in [3.8, 4) is 0 Å². The Bertz CT molecular complexity index is 319. The van der Waals surface area contributed by atoms with Crippen molar-refractivity contribution in [3.63, 3.8) is 0 Å². The first-order valence-corrected chi connectivity index (χ1v) is 5.41. The molecule has 3 N–H and O–H groups in total. The molecule has 0 aliphatic carbocycles. The number of piperidine rings is 1. The van der Waals surface area contributed by atoms with Crippen molar-refractivity contribution in [3.05, 3.63) is 28.8 Å². The molecular weight excluding hydrogens is 196 g/mol. The number of nitrogen functional groups attached to an aromatic ring is 1. The van der Waals surface area contributed by atoms with E-state index in [-0.39, 0.29) is 0 Å². The normalized spacial score (nSPS) is 22.2. The molecule has 0 amide bonds. The summed E-state index contributed by atoms with van der Waals surface area (Å²) in [5.41, 5.74) is 7.63. The van der Waals surface area contributed by atoms with Gasteiger partial charge in [-0.15, -0.1) is 0 Å². The lowest BCUT2D eigenvalue weighted by atomic mass is 9.91. The average Bonchev–Trinajstić information content (AvgIpc) is 2.19. The fourth-order valence-corrected chi connectivity index (χ4v) is 2.34. The zero-order chi connectivity index (χ0) is 9.97. The molecule has 2 rings (SSSR count). The summed E-state index contributed by atoms with van der Waals surface area (Å²) in [5.74, 6) is 0.553. The van der Waals surface area contributed by atoms with Crippen molar-refractivity contribution >= 4 is 17.3 Å². The van der Waals surface area contributed by atoms with Crippen LogP contribution in [-0.4, -0.2) is 13.1 Å². The maximum Gasteiger partial charge on any atom is 0.0461 e. The summed E-state index contributed by atoms with van der Waals surface area (Å²) in [6.07, 6.45) is 2.45. The van der Waals surface area contributed by atoms with Crippen LogP contribution in [-0.2, 0) is 0 Å². The van der Waals surface area contributed by atoms with Crippen molar-refractivity contribution < 1.29 is 0 Å². The van der Waals surface area contributed by atoms with E-state index in [9.17, 15) is 0 Å². The van der Waals surface area contributed by atoms with E-state index in [0.29, 0.717) is 5.92 Å². The van der Waals surface area contributed by atoms with Gasteiger partial charge in [0.2, 0.25) is 0 Å². The van der Waals surface area contributed by atoms with Crippen LogP contribution < -0.4 is 11.1 Å². The highest BCUT2D eigenvalue weighted by atomic mass is 35.5. The lowest BCUT2D eigenvalue weighted by Gasteiger charge is -2.24. The van der Waals surface area contributed by atoms with E-state index in [1.165, 1.54) is 18.4 Å². The third-order valence-electron chi connectivity index (χ3n) is 2.76. The summed E-state index contributed by atoms with van der Waals surface area (Å²) < 4.78 is 0. The van der Waals surface area contributed by atoms with Crippen LogP contribution in [0.5, 0.6) is 0 Å². The lowest BCUT2D eigenvalue weighted by molar-refractivity contribution is 0.462. The minimum atomic E-state index is 0.553. The number of hydrogen-bond donors (Lipinski definition) is 2. The third-order valence-corrected chi connectivity index (χ3v) is 3.09. The molecule has 1 aliphatic heterocycles. The first-order chi connectivity index (χ1) is 6.77. The van der Waals surface area contributed by atoms with Crippen molar-refractivity contribution in [1.82, 2.24) is 5.32 Å². The molecule has 1 fully saturated rings. The molecule has 0 saturated carbocycles. The van der Waals surface area contributed by atoms with Gasteiger partial charge in [-0.3, -0.25) is 0 Å². The molecule has 1 aliphatic rings. The van der Waals surface area contributed by atoms with Crippen LogP contribution in [0.1, 0.15) is 24.3 Å². The number of nitrogens with one attached hydrogen (secondary N) is 1. The third kappa shape index (κ3) is 2.02. The molecule has 0 aromatic heterocycles. The van der Waals surface area contributed by atoms with E-state index in [1.54, 1.807) is 0 Å². The number of benzene rings is 1. The second-order valence-corrected chi connectivity index (χ2v) is 4.23. The molecule has 3 heteroatoms. The van der Waals surface area contributed by atoms with Gasteiger partial charge >= 0.3 is 0 Å². The Morgan fingerprint density at radius 2 is 2.29 bits per heavy atom. The summed E-state index contributed by atoms with van der Waals surface area (Å²) in [4.78, 5) is 0. The molecule has 2 nitrogen and oxygen atoms in total. The Labute approximate surface area is 89.4 Å². The van der Waals surface area contributed by atoms with E-state index >= 15 is 0 Å². The van der Waals surface area contributed by atoms with Crippen molar-refractivity contribution in [2.75, 3.05) is 18.8 Å². The Balaban J connectivity index is 2.22. The highest BCUT2D eigenvalue weighted by molar-refractivity contribution is 6.31. The zero-order valence-corrected chi connectivity index (χ0v) is 8.85. The highest BCUT2D eigenvalue weighted by Gasteiger charge is 2.17. The predicted octanol–water partition coefficient (Wildman–Crippen LogP) is 2.39. The standard InChI is InChI=1S/C11H15ClN2/c12-11-6-9(13)3-4-10(11)8-2-1-5-14-7-8/h3-4,6,8,14H,1-2,5,7,13H2. The molecule has 1 aromatic rings. The summed E-state index contributed by atoms with van der Waals surface area (Å²) in [6.45, 7) is 2.16. The molecule has 1 unspecified atom stereocenters. The van der Waals surface area contributed by atoms with Gasteiger partial charge in [0.1, 0.15) is 0 Å². The molecule has 0 bridgehead atoms. The summed E-state index contributed by atoms with van der Waals surface area (Å²) >= 11 is 6.16. The molecule has 1 heterocycles. The second kappa shape index (κ2) is 4.20. The van der Waals surface area contributed by atoms with Gasteiger partial charge in [-0.2, -0.15) is 0 Å². The predicted molar refractivity (Wildman–Crippen MR) is 60.7 cm³/mol. The van der Waals surface area contributed by atoms with Gasteiger partial charge < -0.3 is 11.1 Å². The summed E-state index contributed by atoms with van der Waals surface area (Å²) in [5, 5.41) is 4.19. The van der Waals surface area contributed by atoms with E-state index in [1.807, 2.05) is 12.1 Å². The van der Waals surface area contributed by atoms with Crippen LogP contribution in [0.15, 0.2) is 18.2 Å². The van der Waals surface area contributed by atoms with Gasteiger partial charge in [0.25, 0.3) is 0 Å². The van der Waals surface area contributed by atoms with Gasteiger partial charge in [-0.1, -0.05) is 17.7 Å². The van der Waals surface area contributed by atoms with Crippen molar-refractivity contribution in [2.45, 2.75) is 18.8 Å². The van der Waals surface area contributed by atoms with Crippen LogP contribution in [0.2, 0.25) is 5.02 Å². The number of rotatable bonds is 1. The van der Waals surface area contributed by atoms with Gasteiger partial charge in [-0.25, -0.2) is 0 Å². The molecule has 1 saturated heterocycles. The van der Waals surface area contributed by atoms with Crippen LogP contribution >= 0.6 is 11.6 Å². The van der Waals surface area contributed by atoms with Crippen LogP contribution in [0.3, 0.4) is 0 Å².